The summed E-state index contributed by atoms with van der Waals surface area (Å²) in [6.45, 7) is 5.67. The molecular formula is C13H19N3O2. The van der Waals surface area contributed by atoms with Gasteiger partial charge in [-0.3, -0.25) is 9.59 Å². The van der Waals surface area contributed by atoms with Gasteiger partial charge in [-0.05, 0) is 38.0 Å². The van der Waals surface area contributed by atoms with Crippen LogP contribution >= 0.6 is 0 Å². The molecular weight excluding hydrogens is 230 g/mol. The van der Waals surface area contributed by atoms with Crippen LogP contribution in [0.2, 0.25) is 0 Å². The highest BCUT2D eigenvalue weighted by Crippen LogP contribution is 2.19. The molecule has 2 amide bonds. The third-order valence-electron chi connectivity index (χ3n) is 2.65. The van der Waals surface area contributed by atoms with Crippen LogP contribution in [-0.4, -0.2) is 17.9 Å². The van der Waals surface area contributed by atoms with Crippen molar-refractivity contribution in [1.82, 2.24) is 5.32 Å². The molecule has 5 heteroatoms. The monoisotopic (exact) mass is 249 g/mol. The fourth-order valence-electron chi connectivity index (χ4n) is 1.37. The maximum Gasteiger partial charge on any atom is 0.313 e. The van der Waals surface area contributed by atoms with Gasteiger partial charge >= 0.3 is 11.8 Å². The van der Waals surface area contributed by atoms with E-state index in [-0.39, 0.29) is 6.04 Å². The molecule has 0 radical (unpaired) electrons. The first-order valence-corrected chi connectivity index (χ1v) is 5.92. The lowest BCUT2D eigenvalue weighted by Crippen LogP contribution is -2.40. The van der Waals surface area contributed by atoms with Gasteiger partial charge in [-0.15, -0.1) is 0 Å². The molecule has 4 N–H and O–H groups in total. The molecule has 1 unspecified atom stereocenters. The number of hydrogen-bond donors (Lipinski definition) is 3. The second kappa shape index (κ2) is 6.05. The van der Waals surface area contributed by atoms with Crippen molar-refractivity contribution < 1.29 is 9.59 Å². The number of anilines is 2. The van der Waals surface area contributed by atoms with E-state index >= 15 is 0 Å². The summed E-state index contributed by atoms with van der Waals surface area (Å²) < 4.78 is 0. The minimum atomic E-state index is -0.703. The summed E-state index contributed by atoms with van der Waals surface area (Å²) in [6.07, 6.45) is 0.770. The van der Waals surface area contributed by atoms with Crippen molar-refractivity contribution in [2.24, 2.45) is 0 Å². The lowest BCUT2D eigenvalue weighted by atomic mass is 10.2. The van der Waals surface area contributed by atoms with Crippen LogP contribution < -0.4 is 16.4 Å². The van der Waals surface area contributed by atoms with Gasteiger partial charge in [0.05, 0.1) is 11.4 Å². The lowest BCUT2D eigenvalue weighted by Gasteiger charge is -2.12. The Hall–Kier alpha value is -2.04. The van der Waals surface area contributed by atoms with Crippen molar-refractivity contribution in [2.45, 2.75) is 33.2 Å². The summed E-state index contributed by atoms with van der Waals surface area (Å²) in [6, 6.07) is 5.21. The molecule has 0 saturated carbocycles. The molecule has 98 valence electrons. The van der Waals surface area contributed by atoms with Crippen LogP contribution in [0, 0.1) is 6.92 Å². The third-order valence-corrected chi connectivity index (χ3v) is 2.65. The summed E-state index contributed by atoms with van der Waals surface area (Å²) in [4.78, 5) is 23.2. The number of carbonyl (C=O) groups excluding carboxylic acids is 2. The normalized spacial score (nSPS) is 11.7. The predicted molar refractivity (Wildman–Crippen MR) is 72.1 cm³/mol. The van der Waals surface area contributed by atoms with Crippen LogP contribution in [0.25, 0.3) is 0 Å². The van der Waals surface area contributed by atoms with Gasteiger partial charge in [-0.2, -0.15) is 0 Å². The van der Waals surface area contributed by atoms with Crippen LogP contribution in [0.15, 0.2) is 18.2 Å². The minimum absolute atomic E-state index is 0.0291. The van der Waals surface area contributed by atoms with Gasteiger partial charge < -0.3 is 16.4 Å². The average Bonchev–Trinajstić information content (AvgIpc) is 2.32. The standard InChI is InChI=1S/C13H19N3O2/c1-4-9(3)15-12(17)13(18)16-11-6-5-8(2)7-10(11)14/h5-7,9H,4,14H2,1-3H3,(H,15,17)(H,16,18). The van der Waals surface area contributed by atoms with Gasteiger partial charge in [0.25, 0.3) is 0 Å². The molecule has 0 aliphatic heterocycles. The molecule has 1 aromatic carbocycles. The summed E-state index contributed by atoms with van der Waals surface area (Å²) in [5.74, 6) is -1.35. The average molecular weight is 249 g/mol. The largest absolute Gasteiger partial charge is 0.397 e. The Bertz CT molecular complexity index is 458. The van der Waals surface area contributed by atoms with Crippen LogP contribution in [0.3, 0.4) is 0 Å². The first-order chi connectivity index (χ1) is 8.43. The fourth-order valence-corrected chi connectivity index (χ4v) is 1.37. The van der Waals surface area contributed by atoms with E-state index < -0.39 is 11.8 Å². The Morgan fingerprint density at radius 1 is 1.33 bits per heavy atom. The van der Waals surface area contributed by atoms with E-state index in [2.05, 4.69) is 10.6 Å². The molecule has 5 nitrogen and oxygen atoms in total. The third kappa shape index (κ3) is 3.76. The highest BCUT2D eigenvalue weighted by Gasteiger charge is 2.16. The molecule has 0 aromatic heterocycles. The minimum Gasteiger partial charge on any atom is -0.397 e. The van der Waals surface area contributed by atoms with E-state index in [1.165, 1.54) is 0 Å². The summed E-state index contributed by atoms with van der Waals surface area (Å²) in [7, 11) is 0. The number of carbonyl (C=O) groups is 2. The van der Waals surface area contributed by atoms with E-state index in [0.717, 1.165) is 12.0 Å². The van der Waals surface area contributed by atoms with E-state index in [1.807, 2.05) is 26.8 Å². The highest BCUT2D eigenvalue weighted by atomic mass is 16.2. The van der Waals surface area contributed by atoms with Gasteiger partial charge in [0, 0.05) is 6.04 Å². The molecule has 0 spiro atoms. The topological polar surface area (TPSA) is 84.2 Å². The zero-order chi connectivity index (χ0) is 13.7. The van der Waals surface area contributed by atoms with E-state index in [0.29, 0.717) is 11.4 Å². The summed E-state index contributed by atoms with van der Waals surface area (Å²) in [5, 5.41) is 5.08. The second-order valence-electron chi connectivity index (χ2n) is 4.33. The van der Waals surface area contributed by atoms with Crippen molar-refractivity contribution in [3.05, 3.63) is 23.8 Å². The van der Waals surface area contributed by atoms with Gasteiger partial charge in [-0.1, -0.05) is 13.0 Å². The number of nitrogens with two attached hydrogens (primary N) is 1. The maximum absolute atomic E-state index is 11.6. The van der Waals surface area contributed by atoms with Gasteiger partial charge in [0.1, 0.15) is 0 Å². The Balaban J connectivity index is 2.67. The van der Waals surface area contributed by atoms with Crippen LogP contribution in [0.4, 0.5) is 11.4 Å². The van der Waals surface area contributed by atoms with E-state index in [4.69, 9.17) is 5.73 Å². The number of aryl methyl sites for hydroxylation is 1. The Morgan fingerprint density at radius 3 is 2.56 bits per heavy atom. The molecule has 1 atom stereocenters. The zero-order valence-corrected chi connectivity index (χ0v) is 10.9. The molecule has 0 bridgehead atoms. The molecule has 1 rings (SSSR count). The molecule has 1 aromatic rings. The Labute approximate surface area is 107 Å². The molecule has 0 aliphatic rings. The molecule has 0 aliphatic carbocycles. The lowest BCUT2D eigenvalue weighted by molar-refractivity contribution is -0.136. The number of nitrogen functional groups attached to an aromatic ring is 1. The van der Waals surface area contributed by atoms with Crippen LogP contribution in [0.1, 0.15) is 25.8 Å². The number of rotatable bonds is 3. The van der Waals surface area contributed by atoms with Gasteiger partial charge in [0.15, 0.2) is 0 Å². The van der Waals surface area contributed by atoms with Crippen molar-refractivity contribution >= 4 is 23.2 Å². The highest BCUT2D eigenvalue weighted by molar-refractivity contribution is 6.40. The second-order valence-corrected chi connectivity index (χ2v) is 4.33. The van der Waals surface area contributed by atoms with Gasteiger partial charge in [-0.25, -0.2) is 0 Å². The fraction of sp³-hybridized carbons (Fsp3) is 0.385. The Kier molecular flexibility index (Phi) is 4.71. The maximum atomic E-state index is 11.6. The first-order valence-electron chi connectivity index (χ1n) is 5.92. The smallest absolute Gasteiger partial charge is 0.313 e. The van der Waals surface area contributed by atoms with Crippen molar-refractivity contribution in [3.63, 3.8) is 0 Å². The Morgan fingerprint density at radius 2 is 2.00 bits per heavy atom. The van der Waals surface area contributed by atoms with Gasteiger partial charge in [0.2, 0.25) is 0 Å². The molecule has 0 heterocycles. The van der Waals surface area contributed by atoms with Crippen molar-refractivity contribution in [1.29, 1.82) is 0 Å². The summed E-state index contributed by atoms with van der Waals surface area (Å²) >= 11 is 0. The SMILES string of the molecule is CCC(C)NC(=O)C(=O)Nc1ccc(C)cc1N. The number of hydrogen-bond acceptors (Lipinski definition) is 3. The molecule has 0 fully saturated rings. The summed E-state index contributed by atoms with van der Waals surface area (Å²) in [5.41, 5.74) is 7.64. The van der Waals surface area contributed by atoms with E-state index in [1.54, 1.807) is 12.1 Å². The number of amides is 2. The number of nitrogens with one attached hydrogen (secondary N) is 2. The van der Waals surface area contributed by atoms with Crippen LogP contribution in [-0.2, 0) is 9.59 Å². The molecule has 0 saturated heterocycles. The van der Waals surface area contributed by atoms with E-state index in [9.17, 15) is 9.59 Å². The van der Waals surface area contributed by atoms with Crippen molar-refractivity contribution in [3.8, 4) is 0 Å². The zero-order valence-electron chi connectivity index (χ0n) is 10.9. The predicted octanol–water partition coefficient (Wildman–Crippen LogP) is 1.43. The van der Waals surface area contributed by atoms with Crippen molar-refractivity contribution in [2.75, 3.05) is 11.1 Å². The first kappa shape index (κ1) is 14.0. The molecule has 18 heavy (non-hydrogen) atoms. The van der Waals surface area contributed by atoms with Crippen LogP contribution in [0.5, 0.6) is 0 Å². The quantitative estimate of drug-likeness (QED) is 0.559. The number of benzene rings is 1.